The fraction of sp³-hybridized carbons (Fsp3) is 0.353. The minimum Gasteiger partial charge on any atom is -0.348 e. The topological polar surface area (TPSA) is 66.9 Å². The van der Waals surface area contributed by atoms with Gasteiger partial charge in [0, 0.05) is 17.9 Å². The molecule has 0 aliphatic carbocycles. The van der Waals surface area contributed by atoms with Gasteiger partial charge in [-0.2, -0.15) is 0 Å². The molecule has 2 rings (SSSR count). The van der Waals surface area contributed by atoms with Crippen molar-refractivity contribution in [1.82, 2.24) is 15.3 Å². The highest BCUT2D eigenvalue weighted by atomic mass is 16.1. The van der Waals surface area contributed by atoms with Crippen molar-refractivity contribution in [2.45, 2.75) is 40.2 Å². The lowest BCUT2D eigenvalue weighted by Gasteiger charge is -2.12. The first-order chi connectivity index (χ1) is 10.5. The quantitative estimate of drug-likeness (QED) is 0.888. The van der Waals surface area contributed by atoms with Gasteiger partial charge < -0.3 is 10.6 Å². The molecule has 5 nitrogen and oxygen atoms in total. The fourth-order valence-corrected chi connectivity index (χ4v) is 1.94. The number of carbonyl (C=O) groups is 1. The summed E-state index contributed by atoms with van der Waals surface area (Å²) >= 11 is 0. The first-order valence-electron chi connectivity index (χ1n) is 7.47. The standard InChI is InChI=1S/C17H22N4O/c1-5-13(4)19-16(22)14-8-9-18-17(20-14)21-15-10-11(2)6-7-12(15)3/h6-10,13H,5H2,1-4H3,(H,19,22)(H,18,20,21). The van der Waals surface area contributed by atoms with E-state index in [0.29, 0.717) is 11.6 Å². The van der Waals surface area contributed by atoms with Crippen molar-refractivity contribution in [3.8, 4) is 0 Å². The van der Waals surface area contributed by atoms with E-state index in [-0.39, 0.29) is 11.9 Å². The molecule has 1 unspecified atom stereocenters. The number of aromatic nitrogens is 2. The van der Waals surface area contributed by atoms with Crippen molar-refractivity contribution in [2.75, 3.05) is 5.32 Å². The molecule has 0 saturated heterocycles. The molecule has 0 saturated carbocycles. The number of nitrogens with zero attached hydrogens (tertiary/aromatic N) is 2. The van der Waals surface area contributed by atoms with Crippen molar-refractivity contribution in [3.63, 3.8) is 0 Å². The van der Waals surface area contributed by atoms with Crippen molar-refractivity contribution in [3.05, 3.63) is 47.3 Å². The maximum Gasteiger partial charge on any atom is 0.270 e. The molecule has 116 valence electrons. The Morgan fingerprint density at radius 1 is 1.27 bits per heavy atom. The third-order valence-electron chi connectivity index (χ3n) is 3.52. The molecule has 22 heavy (non-hydrogen) atoms. The molecule has 1 amide bonds. The van der Waals surface area contributed by atoms with Crippen LogP contribution in [-0.4, -0.2) is 21.9 Å². The van der Waals surface area contributed by atoms with Crippen LogP contribution in [0.4, 0.5) is 11.6 Å². The van der Waals surface area contributed by atoms with Gasteiger partial charge in [-0.15, -0.1) is 0 Å². The van der Waals surface area contributed by atoms with E-state index in [9.17, 15) is 4.79 Å². The summed E-state index contributed by atoms with van der Waals surface area (Å²) in [7, 11) is 0. The van der Waals surface area contributed by atoms with E-state index in [2.05, 4.69) is 26.7 Å². The van der Waals surface area contributed by atoms with Gasteiger partial charge in [-0.25, -0.2) is 9.97 Å². The maximum atomic E-state index is 12.1. The average Bonchev–Trinajstić information content (AvgIpc) is 2.51. The Labute approximate surface area is 131 Å². The predicted octanol–water partition coefficient (Wildman–Crippen LogP) is 3.37. The Kier molecular flexibility index (Phi) is 5.09. The molecular formula is C17H22N4O. The minimum atomic E-state index is -0.180. The van der Waals surface area contributed by atoms with Gasteiger partial charge in [0.05, 0.1) is 0 Å². The van der Waals surface area contributed by atoms with Crippen LogP contribution >= 0.6 is 0 Å². The summed E-state index contributed by atoms with van der Waals surface area (Å²) in [5.41, 5.74) is 3.56. The zero-order chi connectivity index (χ0) is 16.1. The van der Waals surface area contributed by atoms with Gasteiger partial charge in [0.25, 0.3) is 5.91 Å². The van der Waals surface area contributed by atoms with Gasteiger partial charge >= 0.3 is 0 Å². The number of amides is 1. The van der Waals surface area contributed by atoms with Crippen LogP contribution in [0.2, 0.25) is 0 Å². The zero-order valence-electron chi connectivity index (χ0n) is 13.5. The number of hydrogen-bond donors (Lipinski definition) is 2. The summed E-state index contributed by atoms with van der Waals surface area (Å²) in [5, 5.41) is 6.07. The highest BCUT2D eigenvalue weighted by Crippen LogP contribution is 2.19. The molecule has 0 spiro atoms. The molecular weight excluding hydrogens is 276 g/mol. The maximum absolute atomic E-state index is 12.1. The van der Waals surface area contributed by atoms with Crippen LogP contribution in [-0.2, 0) is 0 Å². The lowest BCUT2D eigenvalue weighted by molar-refractivity contribution is 0.0934. The van der Waals surface area contributed by atoms with Gasteiger partial charge in [-0.05, 0) is 50.5 Å². The van der Waals surface area contributed by atoms with Gasteiger partial charge in [-0.1, -0.05) is 19.1 Å². The van der Waals surface area contributed by atoms with E-state index in [1.165, 1.54) is 0 Å². The molecule has 5 heteroatoms. The molecule has 0 fully saturated rings. The van der Waals surface area contributed by atoms with Crippen LogP contribution in [0.15, 0.2) is 30.5 Å². The summed E-state index contributed by atoms with van der Waals surface area (Å²) in [6.45, 7) is 8.04. The Morgan fingerprint density at radius 2 is 2.05 bits per heavy atom. The number of carbonyl (C=O) groups excluding carboxylic acids is 1. The molecule has 0 bridgehead atoms. The Balaban J connectivity index is 2.18. The third-order valence-corrected chi connectivity index (χ3v) is 3.52. The second kappa shape index (κ2) is 7.02. The first kappa shape index (κ1) is 15.9. The molecule has 1 atom stereocenters. The number of aryl methyl sites for hydroxylation is 2. The highest BCUT2D eigenvalue weighted by molar-refractivity contribution is 5.92. The lowest BCUT2D eigenvalue weighted by Crippen LogP contribution is -2.32. The smallest absolute Gasteiger partial charge is 0.270 e. The van der Waals surface area contributed by atoms with E-state index in [1.54, 1.807) is 12.3 Å². The molecule has 0 radical (unpaired) electrons. The number of rotatable bonds is 5. The zero-order valence-corrected chi connectivity index (χ0v) is 13.5. The monoisotopic (exact) mass is 298 g/mol. The number of benzene rings is 1. The SMILES string of the molecule is CCC(C)NC(=O)c1ccnc(Nc2cc(C)ccc2C)n1. The van der Waals surface area contributed by atoms with Gasteiger partial charge in [0.15, 0.2) is 0 Å². The minimum absolute atomic E-state index is 0.123. The van der Waals surface area contributed by atoms with Crippen LogP contribution in [0.5, 0.6) is 0 Å². The molecule has 2 aromatic rings. The van der Waals surface area contributed by atoms with Crippen molar-refractivity contribution in [1.29, 1.82) is 0 Å². The van der Waals surface area contributed by atoms with E-state index in [4.69, 9.17) is 0 Å². The van der Waals surface area contributed by atoms with Crippen LogP contribution in [0.25, 0.3) is 0 Å². The number of nitrogens with one attached hydrogen (secondary N) is 2. The Morgan fingerprint density at radius 3 is 2.77 bits per heavy atom. The first-order valence-corrected chi connectivity index (χ1v) is 7.47. The summed E-state index contributed by atoms with van der Waals surface area (Å²) in [5.74, 6) is 0.242. The van der Waals surface area contributed by atoms with Crippen molar-refractivity contribution >= 4 is 17.5 Å². The largest absolute Gasteiger partial charge is 0.348 e. The van der Waals surface area contributed by atoms with Crippen LogP contribution < -0.4 is 10.6 Å². The second-order valence-corrected chi connectivity index (χ2v) is 5.49. The summed E-state index contributed by atoms with van der Waals surface area (Å²) in [6.07, 6.45) is 2.47. The molecule has 1 aromatic heterocycles. The van der Waals surface area contributed by atoms with E-state index < -0.39 is 0 Å². The summed E-state index contributed by atoms with van der Waals surface area (Å²) in [6, 6.07) is 7.86. The Bertz CT molecular complexity index is 669. The van der Waals surface area contributed by atoms with Gasteiger partial charge in [0.1, 0.15) is 5.69 Å². The van der Waals surface area contributed by atoms with Crippen LogP contribution in [0.1, 0.15) is 41.9 Å². The third kappa shape index (κ3) is 4.04. The second-order valence-electron chi connectivity index (χ2n) is 5.49. The number of hydrogen-bond acceptors (Lipinski definition) is 4. The van der Waals surface area contributed by atoms with E-state index in [0.717, 1.165) is 23.2 Å². The predicted molar refractivity (Wildman–Crippen MR) is 88.4 cm³/mol. The summed E-state index contributed by atoms with van der Waals surface area (Å²) in [4.78, 5) is 20.6. The number of anilines is 2. The van der Waals surface area contributed by atoms with Gasteiger partial charge in [0.2, 0.25) is 5.95 Å². The average molecular weight is 298 g/mol. The Hall–Kier alpha value is -2.43. The molecule has 1 heterocycles. The van der Waals surface area contributed by atoms with Gasteiger partial charge in [-0.3, -0.25) is 4.79 Å². The highest BCUT2D eigenvalue weighted by Gasteiger charge is 2.11. The van der Waals surface area contributed by atoms with E-state index >= 15 is 0 Å². The summed E-state index contributed by atoms with van der Waals surface area (Å²) < 4.78 is 0. The molecule has 0 aliphatic heterocycles. The van der Waals surface area contributed by atoms with Crippen LogP contribution in [0.3, 0.4) is 0 Å². The van der Waals surface area contributed by atoms with Crippen molar-refractivity contribution < 1.29 is 4.79 Å². The van der Waals surface area contributed by atoms with Crippen LogP contribution in [0, 0.1) is 13.8 Å². The van der Waals surface area contributed by atoms with E-state index in [1.807, 2.05) is 39.8 Å². The molecule has 1 aromatic carbocycles. The molecule has 2 N–H and O–H groups in total. The fourth-order valence-electron chi connectivity index (χ4n) is 1.94. The molecule has 0 aliphatic rings. The normalized spacial score (nSPS) is 11.8. The lowest BCUT2D eigenvalue weighted by atomic mass is 10.1. The van der Waals surface area contributed by atoms with Crippen molar-refractivity contribution in [2.24, 2.45) is 0 Å².